The van der Waals surface area contributed by atoms with Crippen LogP contribution in [0.25, 0.3) is 0 Å². The first-order chi connectivity index (χ1) is 5.31. The smallest absolute Gasteiger partial charge is 0.238 e. The molecule has 0 saturated heterocycles. The average molecular weight is 167 g/mol. The first-order valence-corrected chi connectivity index (χ1v) is 4.04. The number of nitriles is 1. The fourth-order valence-corrected chi connectivity index (χ4v) is 1.67. The minimum Gasteiger partial charge on any atom is -0.450 e. The van der Waals surface area contributed by atoms with Crippen molar-refractivity contribution >= 4 is 11.3 Å². The van der Waals surface area contributed by atoms with E-state index < -0.39 is 0 Å². The van der Waals surface area contributed by atoms with Gasteiger partial charge in [-0.25, -0.2) is 0 Å². The lowest BCUT2D eigenvalue weighted by Crippen LogP contribution is -2.11. The molecule has 1 aromatic heterocycles. The second-order valence-corrected chi connectivity index (χ2v) is 3.05. The van der Waals surface area contributed by atoms with Gasteiger partial charge in [-0.3, -0.25) is 0 Å². The number of ether oxygens (including phenoxy) is 2. The molecule has 0 N–H and O–H groups in total. The zero-order valence-corrected chi connectivity index (χ0v) is 6.64. The standard InChI is InChI=1S/C7H5NO2S/c1-4-9-5-3-11-6(2-8)7(5)10-4/h3-4H,1H3. The van der Waals surface area contributed by atoms with E-state index in [-0.39, 0.29) is 6.29 Å². The number of thiophene rings is 1. The Kier molecular flexibility index (Phi) is 1.26. The minimum atomic E-state index is -0.250. The maximum atomic E-state index is 8.60. The Morgan fingerprint density at radius 2 is 2.45 bits per heavy atom. The van der Waals surface area contributed by atoms with Gasteiger partial charge in [0.15, 0.2) is 16.4 Å². The third kappa shape index (κ3) is 0.854. The van der Waals surface area contributed by atoms with Crippen molar-refractivity contribution in [3.63, 3.8) is 0 Å². The highest BCUT2D eigenvalue weighted by molar-refractivity contribution is 7.11. The molecule has 56 valence electrons. The van der Waals surface area contributed by atoms with Crippen LogP contribution >= 0.6 is 11.3 Å². The van der Waals surface area contributed by atoms with Crippen LogP contribution in [-0.2, 0) is 0 Å². The third-order valence-electron chi connectivity index (χ3n) is 1.39. The monoisotopic (exact) mass is 167 g/mol. The zero-order chi connectivity index (χ0) is 7.84. The van der Waals surface area contributed by atoms with Crippen LogP contribution in [0.1, 0.15) is 11.8 Å². The van der Waals surface area contributed by atoms with Crippen molar-refractivity contribution in [3.05, 3.63) is 10.3 Å². The van der Waals surface area contributed by atoms with Crippen LogP contribution in [0.15, 0.2) is 5.38 Å². The molecule has 0 fully saturated rings. The van der Waals surface area contributed by atoms with Crippen LogP contribution in [0.5, 0.6) is 11.5 Å². The predicted octanol–water partition coefficient (Wildman–Crippen LogP) is 1.74. The van der Waals surface area contributed by atoms with Gasteiger partial charge in [-0.15, -0.1) is 11.3 Å². The molecule has 1 aliphatic rings. The van der Waals surface area contributed by atoms with Crippen LogP contribution in [0, 0.1) is 11.3 Å². The highest BCUT2D eigenvalue weighted by Gasteiger charge is 2.25. The number of fused-ring (bicyclic) bond motifs is 1. The van der Waals surface area contributed by atoms with Crippen molar-refractivity contribution < 1.29 is 9.47 Å². The molecule has 0 amide bonds. The lowest BCUT2D eigenvalue weighted by atomic mass is 10.4. The van der Waals surface area contributed by atoms with Crippen molar-refractivity contribution in [2.24, 2.45) is 0 Å². The molecule has 0 saturated carbocycles. The van der Waals surface area contributed by atoms with E-state index in [4.69, 9.17) is 14.7 Å². The van der Waals surface area contributed by atoms with Gasteiger partial charge < -0.3 is 9.47 Å². The molecule has 3 nitrogen and oxygen atoms in total. The van der Waals surface area contributed by atoms with Crippen LogP contribution in [-0.4, -0.2) is 6.29 Å². The Hall–Kier alpha value is -1.21. The molecular formula is C7H5NO2S. The van der Waals surface area contributed by atoms with E-state index in [1.165, 1.54) is 11.3 Å². The molecule has 2 heterocycles. The maximum Gasteiger partial charge on any atom is 0.238 e. The van der Waals surface area contributed by atoms with Gasteiger partial charge in [0.25, 0.3) is 0 Å². The Morgan fingerprint density at radius 3 is 3.18 bits per heavy atom. The van der Waals surface area contributed by atoms with Gasteiger partial charge >= 0.3 is 0 Å². The second kappa shape index (κ2) is 2.14. The molecule has 11 heavy (non-hydrogen) atoms. The summed E-state index contributed by atoms with van der Waals surface area (Å²) in [4.78, 5) is 0.587. The summed E-state index contributed by atoms with van der Waals surface area (Å²) in [6, 6.07) is 2.04. The summed E-state index contributed by atoms with van der Waals surface area (Å²) in [5.74, 6) is 1.30. The number of hydrogen-bond acceptors (Lipinski definition) is 4. The quantitative estimate of drug-likeness (QED) is 0.591. The molecule has 1 unspecified atom stereocenters. The van der Waals surface area contributed by atoms with Gasteiger partial charge in [-0.1, -0.05) is 0 Å². The summed E-state index contributed by atoms with van der Waals surface area (Å²) in [6.07, 6.45) is -0.250. The molecule has 0 aliphatic carbocycles. The normalized spacial score (nSPS) is 19.8. The van der Waals surface area contributed by atoms with Gasteiger partial charge in [-0.05, 0) is 0 Å². The SMILES string of the molecule is CC1Oc2csc(C#N)c2O1. The van der Waals surface area contributed by atoms with Crippen LogP contribution in [0.4, 0.5) is 0 Å². The van der Waals surface area contributed by atoms with E-state index in [9.17, 15) is 0 Å². The van der Waals surface area contributed by atoms with Gasteiger partial charge in [0.1, 0.15) is 6.07 Å². The van der Waals surface area contributed by atoms with Crippen molar-refractivity contribution in [3.8, 4) is 17.6 Å². The lowest BCUT2D eigenvalue weighted by molar-refractivity contribution is 0.0676. The fourth-order valence-electron chi connectivity index (χ4n) is 0.970. The summed E-state index contributed by atoms with van der Waals surface area (Å²) >= 11 is 1.34. The molecule has 0 aromatic carbocycles. The molecule has 2 rings (SSSR count). The van der Waals surface area contributed by atoms with Gasteiger partial charge in [0, 0.05) is 12.3 Å². The van der Waals surface area contributed by atoms with Crippen molar-refractivity contribution in [1.29, 1.82) is 5.26 Å². The minimum absolute atomic E-state index is 0.250. The summed E-state index contributed by atoms with van der Waals surface area (Å²) in [6.45, 7) is 1.80. The highest BCUT2D eigenvalue weighted by atomic mass is 32.1. The largest absolute Gasteiger partial charge is 0.450 e. The van der Waals surface area contributed by atoms with Crippen LogP contribution in [0.3, 0.4) is 0 Å². The molecule has 1 aromatic rings. The lowest BCUT2D eigenvalue weighted by Gasteiger charge is -2.01. The van der Waals surface area contributed by atoms with Gasteiger partial charge in [-0.2, -0.15) is 5.26 Å². The first-order valence-electron chi connectivity index (χ1n) is 3.16. The molecular weight excluding hydrogens is 162 g/mol. The van der Waals surface area contributed by atoms with Crippen molar-refractivity contribution in [1.82, 2.24) is 0 Å². The Morgan fingerprint density at radius 1 is 1.64 bits per heavy atom. The summed E-state index contributed by atoms with van der Waals surface area (Å²) in [5.41, 5.74) is 0. The second-order valence-electron chi connectivity index (χ2n) is 2.17. The Balaban J connectivity index is 2.46. The third-order valence-corrected chi connectivity index (χ3v) is 2.24. The van der Waals surface area contributed by atoms with E-state index in [1.807, 2.05) is 6.07 Å². The zero-order valence-electron chi connectivity index (χ0n) is 5.83. The maximum absolute atomic E-state index is 8.60. The number of hydrogen-bond donors (Lipinski definition) is 0. The topological polar surface area (TPSA) is 42.2 Å². The Bertz CT molecular complexity index is 326. The average Bonchev–Trinajstić information content (AvgIpc) is 2.45. The van der Waals surface area contributed by atoms with E-state index in [1.54, 1.807) is 12.3 Å². The summed E-state index contributed by atoms with van der Waals surface area (Å²) in [5, 5.41) is 10.4. The van der Waals surface area contributed by atoms with Crippen LogP contribution in [0.2, 0.25) is 0 Å². The fraction of sp³-hybridized carbons (Fsp3) is 0.286. The van der Waals surface area contributed by atoms with Gasteiger partial charge in [0.2, 0.25) is 6.29 Å². The van der Waals surface area contributed by atoms with Gasteiger partial charge in [0.05, 0.1) is 0 Å². The first kappa shape index (κ1) is 6.50. The van der Waals surface area contributed by atoms with Crippen molar-refractivity contribution in [2.75, 3.05) is 0 Å². The molecule has 1 aliphatic heterocycles. The molecule has 0 spiro atoms. The van der Waals surface area contributed by atoms with E-state index in [2.05, 4.69) is 0 Å². The van der Waals surface area contributed by atoms with Crippen LogP contribution < -0.4 is 9.47 Å². The molecule has 0 radical (unpaired) electrons. The predicted molar refractivity (Wildman–Crippen MR) is 39.8 cm³/mol. The highest BCUT2D eigenvalue weighted by Crippen LogP contribution is 2.41. The van der Waals surface area contributed by atoms with E-state index in [0.717, 1.165) is 0 Å². The Labute approximate surface area is 67.8 Å². The van der Waals surface area contributed by atoms with Crippen molar-refractivity contribution in [2.45, 2.75) is 13.2 Å². The molecule has 1 atom stereocenters. The summed E-state index contributed by atoms with van der Waals surface area (Å²) in [7, 11) is 0. The number of nitrogens with zero attached hydrogens (tertiary/aromatic N) is 1. The molecule has 0 bridgehead atoms. The number of rotatable bonds is 0. The van der Waals surface area contributed by atoms with E-state index in [0.29, 0.717) is 16.4 Å². The van der Waals surface area contributed by atoms with E-state index >= 15 is 0 Å². The molecule has 4 heteroatoms. The summed E-state index contributed by atoms with van der Waals surface area (Å²) < 4.78 is 10.5.